The molecular formula is C16H24F2N2. The third kappa shape index (κ3) is 4.00. The molecule has 1 heterocycles. The van der Waals surface area contributed by atoms with Crippen molar-refractivity contribution in [2.24, 2.45) is 0 Å². The van der Waals surface area contributed by atoms with Crippen LogP contribution in [0.25, 0.3) is 0 Å². The van der Waals surface area contributed by atoms with Gasteiger partial charge in [-0.15, -0.1) is 0 Å². The fourth-order valence-electron chi connectivity index (χ4n) is 2.85. The van der Waals surface area contributed by atoms with Crippen LogP contribution in [0.2, 0.25) is 0 Å². The highest BCUT2D eigenvalue weighted by Gasteiger charge is 2.36. The summed E-state index contributed by atoms with van der Waals surface area (Å²) in [4.78, 5) is 1.96. The first-order chi connectivity index (χ1) is 9.63. The minimum Gasteiger partial charge on any atom is -0.315 e. The van der Waals surface area contributed by atoms with Crippen LogP contribution in [-0.2, 0) is 5.92 Å². The summed E-state index contributed by atoms with van der Waals surface area (Å²) in [5, 5.41) is 3.31. The van der Waals surface area contributed by atoms with Crippen LogP contribution in [0.3, 0.4) is 0 Å². The largest absolute Gasteiger partial charge is 0.315 e. The van der Waals surface area contributed by atoms with E-state index in [1.807, 2.05) is 11.8 Å². The molecule has 0 radical (unpaired) electrons. The zero-order valence-corrected chi connectivity index (χ0v) is 12.1. The summed E-state index contributed by atoms with van der Waals surface area (Å²) in [7, 11) is 0. The first-order valence-corrected chi connectivity index (χ1v) is 7.51. The molecule has 1 aliphatic heterocycles. The van der Waals surface area contributed by atoms with Crippen LogP contribution in [0.4, 0.5) is 8.78 Å². The zero-order chi connectivity index (χ0) is 14.4. The maximum absolute atomic E-state index is 14.4. The molecule has 0 amide bonds. The summed E-state index contributed by atoms with van der Waals surface area (Å²) in [5.41, 5.74) is 0.116. The highest BCUT2D eigenvalue weighted by atomic mass is 19.3. The second-order valence-corrected chi connectivity index (χ2v) is 5.54. The Hall–Kier alpha value is -1.00. The molecule has 1 fully saturated rings. The van der Waals surface area contributed by atoms with E-state index in [4.69, 9.17) is 0 Å². The Morgan fingerprint density at radius 1 is 1.30 bits per heavy atom. The minimum atomic E-state index is -2.78. The Labute approximate surface area is 120 Å². The lowest BCUT2D eigenvalue weighted by Crippen LogP contribution is -2.49. The number of hydrogen-bond donors (Lipinski definition) is 1. The van der Waals surface area contributed by atoms with Crippen LogP contribution in [0.5, 0.6) is 0 Å². The molecule has 1 saturated heterocycles. The highest BCUT2D eigenvalue weighted by Crippen LogP contribution is 2.30. The van der Waals surface area contributed by atoms with Gasteiger partial charge in [0.25, 0.3) is 5.92 Å². The Balaban J connectivity index is 2.06. The molecule has 1 unspecified atom stereocenters. The Morgan fingerprint density at radius 2 is 2.05 bits per heavy atom. The van der Waals surface area contributed by atoms with Gasteiger partial charge in [-0.3, -0.25) is 4.90 Å². The van der Waals surface area contributed by atoms with E-state index in [0.717, 1.165) is 38.9 Å². The second-order valence-electron chi connectivity index (χ2n) is 5.54. The van der Waals surface area contributed by atoms with Crippen molar-refractivity contribution >= 4 is 0 Å². The van der Waals surface area contributed by atoms with Gasteiger partial charge in [0.2, 0.25) is 0 Å². The lowest BCUT2D eigenvalue weighted by atomic mass is 10.0. The molecule has 1 atom stereocenters. The number of rotatable bonds is 6. The molecule has 1 aromatic carbocycles. The van der Waals surface area contributed by atoms with Crippen LogP contribution in [0.1, 0.15) is 31.7 Å². The first-order valence-electron chi connectivity index (χ1n) is 7.51. The van der Waals surface area contributed by atoms with Gasteiger partial charge >= 0.3 is 0 Å². The quantitative estimate of drug-likeness (QED) is 0.861. The average molecular weight is 282 g/mol. The first kappa shape index (κ1) is 15.4. The summed E-state index contributed by atoms with van der Waals surface area (Å²) in [6.45, 7) is 4.42. The van der Waals surface area contributed by atoms with Gasteiger partial charge in [-0.05, 0) is 32.4 Å². The topological polar surface area (TPSA) is 15.3 Å². The van der Waals surface area contributed by atoms with Gasteiger partial charge < -0.3 is 5.32 Å². The molecule has 20 heavy (non-hydrogen) atoms. The number of alkyl halides is 2. The summed E-state index contributed by atoms with van der Waals surface area (Å²) in [6, 6.07) is 8.39. The maximum Gasteiger partial charge on any atom is 0.285 e. The number of nitrogens with zero attached hydrogens (tertiary/aromatic N) is 1. The van der Waals surface area contributed by atoms with Gasteiger partial charge in [0.1, 0.15) is 0 Å². The number of benzene rings is 1. The normalized spacial score (nSPS) is 20.3. The SMILES string of the molecule is CCCN(CC(F)(F)c1ccccc1)C1CCCNC1. The third-order valence-corrected chi connectivity index (χ3v) is 3.90. The number of piperidine rings is 1. The Kier molecular flexibility index (Phi) is 5.49. The predicted molar refractivity (Wildman–Crippen MR) is 78.1 cm³/mol. The summed E-state index contributed by atoms with van der Waals surface area (Å²) in [6.07, 6.45) is 2.99. The molecule has 2 nitrogen and oxygen atoms in total. The summed E-state index contributed by atoms with van der Waals surface area (Å²) in [5.74, 6) is -2.78. The molecule has 0 aromatic heterocycles. The van der Waals surface area contributed by atoms with E-state index in [9.17, 15) is 8.78 Å². The van der Waals surface area contributed by atoms with Crippen LogP contribution in [-0.4, -0.2) is 37.1 Å². The molecule has 4 heteroatoms. The smallest absolute Gasteiger partial charge is 0.285 e. The van der Waals surface area contributed by atoms with Gasteiger partial charge in [-0.1, -0.05) is 37.3 Å². The average Bonchev–Trinajstić information content (AvgIpc) is 2.48. The second kappa shape index (κ2) is 7.14. The molecule has 0 aliphatic carbocycles. The van der Waals surface area contributed by atoms with Crippen molar-refractivity contribution in [3.05, 3.63) is 35.9 Å². The van der Waals surface area contributed by atoms with E-state index in [1.54, 1.807) is 18.2 Å². The van der Waals surface area contributed by atoms with E-state index in [0.29, 0.717) is 0 Å². The van der Waals surface area contributed by atoms with Crippen molar-refractivity contribution in [3.8, 4) is 0 Å². The Bertz CT molecular complexity index is 389. The number of nitrogens with one attached hydrogen (secondary N) is 1. The number of hydrogen-bond acceptors (Lipinski definition) is 2. The summed E-state index contributed by atoms with van der Waals surface area (Å²) >= 11 is 0. The van der Waals surface area contributed by atoms with Crippen molar-refractivity contribution in [1.29, 1.82) is 0 Å². The van der Waals surface area contributed by atoms with Crippen molar-refractivity contribution in [1.82, 2.24) is 10.2 Å². The van der Waals surface area contributed by atoms with E-state index >= 15 is 0 Å². The van der Waals surface area contributed by atoms with Crippen LogP contribution in [0.15, 0.2) is 30.3 Å². The van der Waals surface area contributed by atoms with Crippen LogP contribution >= 0.6 is 0 Å². The zero-order valence-electron chi connectivity index (χ0n) is 12.1. The van der Waals surface area contributed by atoms with Gasteiger partial charge in [0, 0.05) is 18.2 Å². The van der Waals surface area contributed by atoms with Gasteiger partial charge in [0.15, 0.2) is 0 Å². The maximum atomic E-state index is 14.4. The third-order valence-electron chi connectivity index (χ3n) is 3.90. The van der Waals surface area contributed by atoms with E-state index in [2.05, 4.69) is 5.32 Å². The molecule has 0 bridgehead atoms. The fourth-order valence-corrected chi connectivity index (χ4v) is 2.85. The molecule has 0 spiro atoms. The molecule has 112 valence electrons. The lowest BCUT2D eigenvalue weighted by Gasteiger charge is -2.36. The lowest BCUT2D eigenvalue weighted by molar-refractivity contribution is -0.0502. The van der Waals surface area contributed by atoms with Crippen LogP contribution in [0, 0.1) is 0 Å². The van der Waals surface area contributed by atoms with E-state index < -0.39 is 5.92 Å². The molecule has 1 aliphatic rings. The molecule has 0 saturated carbocycles. The molecule has 1 aromatic rings. The monoisotopic (exact) mass is 282 g/mol. The van der Waals surface area contributed by atoms with Crippen molar-refractivity contribution in [2.45, 2.75) is 38.2 Å². The van der Waals surface area contributed by atoms with Crippen molar-refractivity contribution in [3.63, 3.8) is 0 Å². The molecular weight excluding hydrogens is 258 g/mol. The standard InChI is InChI=1S/C16H24F2N2/c1-2-11-20(15-9-6-10-19-12-15)13-16(17,18)14-7-4-3-5-8-14/h3-5,7-8,15,19H,2,6,9-13H2,1H3. The van der Waals surface area contributed by atoms with Gasteiger partial charge in [-0.2, -0.15) is 8.78 Å². The summed E-state index contributed by atoms with van der Waals surface area (Å²) < 4.78 is 28.8. The molecule has 2 rings (SSSR count). The van der Waals surface area contributed by atoms with Crippen molar-refractivity contribution in [2.75, 3.05) is 26.2 Å². The number of halogens is 2. The molecule has 1 N–H and O–H groups in total. The predicted octanol–water partition coefficient (Wildman–Crippen LogP) is 3.24. The van der Waals surface area contributed by atoms with Crippen molar-refractivity contribution < 1.29 is 8.78 Å². The van der Waals surface area contributed by atoms with Gasteiger partial charge in [0.05, 0.1) is 6.54 Å². The van der Waals surface area contributed by atoms with Crippen LogP contribution < -0.4 is 5.32 Å². The van der Waals surface area contributed by atoms with E-state index in [-0.39, 0.29) is 18.2 Å². The van der Waals surface area contributed by atoms with Gasteiger partial charge in [-0.25, -0.2) is 0 Å². The fraction of sp³-hybridized carbons (Fsp3) is 0.625. The van der Waals surface area contributed by atoms with E-state index in [1.165, 1.54) is 12.1 Å². The highest BCUT2D eigenvalue weighted by molar-refractivity contribution is 5.20. The Morgan fingerprint density at radius 3 is 2.65 bits per heavy atom. The minimum absolute atomic E-state index is 0.116.